The van der Waals surface area contributed by atoms with Crippen LogP contribution in [0.1, 0.15) is 44.7 Å². The summed E-state index contributed by atoms with van der Waals surface area (Å²) in [7, 11) is 0. The fourth-order valence-corrected chi connectivity index (χ4v) is 3.20. The summed E-state index contributed by atoms with van der Waals surface area (Å²) in [4.78, 5) is 17.1. The average molecular weight is 335 g/mol. The van der Waals surface area contributed by atoms with Gasteiger partial charge in [0, 0.05) is 19.3 Å². The Kier molecular flexibility index (Phi) is 6.92. The van der Waals surface area contributed by atoms with E-state index in [9.17, 15) is 4.79 Å². The van der Waals surface area contributed by atoms with Gasteiger partial charge in [0.25, 0.3) is 0 Å². The maximum Gasteiger partial charge on any atom is 0.322 e. The summed E-state index contributed by atoms with van der Waals surface area (Å²) in [5, 5.41) is 2.12. The van der Waals surface area contributed by atoms with E-state index in [0.29, 0.717) is 23.2 Å². The zero-order valence-corrected chi connectivity index (χ0v) is 14.6. The van der Waals surface area contributed by atoms with E-state index in [0.717, 1.165) is 25.9 Å². The number of esters is 1. The highest BCUT2D eigenvalue weighted by Crippen LogP contribution is 2.20. The highest BCUT2D eigenvalue weighted by atomic mass is 32.1. The SMILES string of the molecule is CCOC(=O)C(C(=S)NN1CCCC(CC)C1)c1ccccn1. The molecule has 126 valence electrons. The molecule has 1 aromatic rings. The Hall–Kier alpha value is -1.53. The minimum Gasteiger partial charge on any atom is -0.465 e. The van der Waals surface area contributed by atoms with E-state index in [1.165, 1.54) is 6.42 Å². The predicted octanol–water partition coefficient (Wildman–Crippen LogP) is 2.68. The molecule has 0 aromatic carbocycles. The van der Waals surface area contributed by atoms with Crippen molar-refractivity contribution in [2.24, 2.45) is 5.92 Å². The van der Waals surface area contributed by atoms with Crippen molar-refractivity contribution in [1.29, 1.82) is 0 Å². The fourth-order valence-electron chi connectivity index (χ4n) is 2.85. The Bertz CT molecular complexity index is 524. The van der Waals surface area contributed by atoms with Crippen molar-refractivity contribution in [3.63, 3.8) is 0 Å². The van der Waals surface area contributed by atoms with E-state index in [2.05, 4.69) is 22.3 Å². The average Bonchev–Trinajstić information content (AvgIpc) is 2.56. The molecule has 23 heavy (non-hydrogen) atoms. The lowest BCUT2D eigenvalue weighted by Gasteiger charge is -2.34. The van der Waals surface area contributed by atoms with E-state index in [1.54, 1.807) is 19.2 Å². The summed E-state index contributed by atoms with van der Waals surface area (Å²) in [5.74, 6) is -0.337. The molecule has 0 spiro atoms. The molecule has 1 aliphatic rings. The van der Waals surface area contributed by atoms with Crippen LogP contribution in [0.15, 0.2) is 24.4 Å². The van der Waals surface area contributed by atoms with E-state index in [-0.39, 0.29) is 5.97 Å². The molecular weight excluding hydrogens is 310 g/mol. The third-order valence-corrected chi connectivity index (χ3v) is 4.46. The lowest BCUT2D eigenvalue weighted by atomic mass is 9.97. The molecule has 0 aliphatic carbocycles. The molecule has 0 amide bonds. The highest BCUT2D eigenvalue weighted by molar-refractivity contribution is 7.80. The zero-order chi connectivity index (χ0) is 16.7. The number of thiocarbonyl (C=S) groups is 1. The summed E-state index contributed by atoms with van der Waals surface area (Å²) < 4.78 is 5.19. The first-order chi connectivity index (χ1) is 11.2. The van der Waals surface area contributed by atoms with Gasteiger partial charge in [0.2, 0.25) is 0 Å². The first-order valence-corrected chi connectivity index (χ1v) is 8.69. The third-order valence-electron chi connectivity index (χ3n) is 4.13. The summed E-state index contributed by atoms with van der Waals surface area (Å²) in [6, 6.07) is 5.48. The second-order valence-electron chi connectivity index (χ2n) is 5.78. The Morgan fingerprint density at radius 2 is 2.35 bits per heavy atom. The monoisotopic (exact) mass is 335 g/mol. The first-order valence-electron chi connectivity index (χ1n) is 8.28. The fraction of sp³-hybridized carbons (Fsp3) is 0.588. The summed E-state index contributed by atoms with van der Waals surface area (Å²) in [6.07, 6.45) is 5.22. The van der Waals surface area contributed by atoms with Crippen molar-refractivity contribution in [3.8, 4) is 0 Å². The molecule has 5 nitrogen and oxygen atoms in total. The second-order valence-corrected chi connectivity index (χ2v) is 6.22. The second kappa shape index (κ2) is 8.93. The molecule has 2 unspecified atom stereocenters. The van der Waals surface area contributed by atoms with Crippen LogP contribution in [0, 0.1) is 5.92 Å². The minimum atomic E-state index is -0.659. The van der Waals surface area contributed by atoms with Crippen molar-refractivity contribution in [2.45, 2.75) is 39.0 Å². The Balaban J connectivity index is 2.09. The molecule has 6 heteroatoms. The van der Waals surface area contributed by atoms with E-state index in [1.807, 2.05) is 12.1 Å². The van der Waals surface area contributed by atoms with Crippen LogP contribution in [0.3, 0.4) is 0 Å². The van der Waals surface area contributed by atoms with Crippen LogP contribution in [-0.4, -0.2) is 40.6 Å². The molecule has 0 radical (unpaired) electrons. The molecule has 0 saturated carbocycles. The molecule has 1 fully saturated rings. The number of piperidine rings is 1. The maximum atomic E-state index is 12.3. The van der Waals surface area contributed by atoms with Gasteiger partial charge in [0.15, 0.2) is 5.92 Å². The van der Waals surface area contributed by atoms with Crippen molar-refractivity contribution in [2.75, 3.05) is 19.7 Å². The minimum absolute atomic E-state index is 0.326. The molecule has 1 aromatic heterocycles. The number of nitrogens with zero attached hydrogens (tertiary/aromatic N) is 2. The van der Waals surface area contributed by atoms with E-state index in [4.69, 9.17) is 17.0 Å². The number of aromatic nitrogens is 1. The molecule has 2 rings (SSSR count). The van der Waals surface area contributed by atoms with Crippen LogP contribution in [-0.2, 0) is 9.53 Å². The largest absolute Gasteiger partial charge is 0.465 e. The molecule has 2 atom stereocenters. The molecule has 1 saturated heterocycles. The zero-order valence-electron chi connectivity index (χ0n) is 13.8. The van der Waals surface area contributed by atoms with Gasteiger partial charge in [-0.2, -0.15) is 0 Å². The number of ether oxygens (including phenoxy) is 1. The number of rotatable bonds is 6. The molecule has 1 N–H and O–H groups in total. The van der Waals surface area contributed by atoms with Crippen molar-refractivity contribution < 1.29 is 9.53 Å². The highest BCUT2D eigenvalue weighted by Gasteiger charge is 2.30. The molecular formula is C17H25N3O2S. The first kappa shape index (κ1) is 17.8. The van der Waals surface area contributed by atoms with E-state index < -0.39 is 5.92 Å². The van der Waals surface area contributed by atoms with Gasteiger partial charge >= 0.3 is 5.97 Å². The third kappa shape index (κ3) is 4.97. The van der Waals surface area contributed by atoms with Gasteiger partial charge in [0.1, 0.15) is 4.99 Å². The van der Waals surface area contributed by atoms with Crippen molar-refractivity contribution >= 4 is 23.2 Å². The quantitative estimate of drug-likeness (QED) is 0.637. The van der Waals surface area contributed by atoms with Gasteiger partial charge in [0.05, 0.1) is 12.3 Å². The lowest BCUT2D eigenvalue weighted by Crippen LogP contribution is -2.49. The van der Waals surface area contributed by atoms with Gasteiger partial charge in [-0.25, -0.2) is 5.01 Å². The van der Waals surface area contributed by atoms with Gasteiger partial charge in [-0.1, -0.05) is 31.6 Å². The van der Waals surface area contributed by atoms with Crippen molar-refractivity contribution in [1.82, 2.24) is 15.4 Å². The van der Waals surface area contributed by atoms with Gasteiger partial charge in [-0.3, -0.25) is 9.78 Å². The van der Waals surface area contributed by atoms with Gasteiger partial charge < -0.3 is 10.2 Å². The smallest absolute Gasteiger partial charge is 0.322 e. The predicted molar refractivity (Wildman–Crippen MR) is 93.9 cm³/mol. The summed E-state index contributed by atoms with van der Waals surface area (Å²) in [6.45, 7) is 6.22. The van der Waals surface area contributed by atoms with E-state index >= 15 is 0 Å². The van der Waals surface area contributed by atoms with Crippen LogP contribution in [0.5, 0.6) is 0 Å². The Morgan fingerprint density at radius 1 is 1.52 bits per heavy atom. The topological polar surface area (TPSA) is 54.5 Å². The van der Waals surface area contributed by atoms with Crippen LogP contribution in [0.2, 0.25) is 0 Å². The Labute approximate surface area is 143 Å². The van der Waals surface area contributed by atoms with Crippen LogP contribution >= 0.6 is 12.2 Å². The number of pyridine rings is 1. The standard InChI is InChI=1S/C17H25N3O2S/c1-3-13-8-7-11-20(12-13)19-16(23)15(17(21)22-4-2)14-9-5-6-10-18-14/h5-6,9-10,13,15H,3-4,7-8,11-12H2,1-2H3,(H,19,23). The van der Waals surface area contributed by atoms with Crippen molar-refractivity contribution in [3.05, 3.63) is 30.1 Å². The Morgan fingerprint density at radius 3 is 3.00 bits per heavy atom. The van der Waals surface area contributed by atoms with Gasteiger partial charge in [-0.15, -0.1) is 0 Å². The summed E-state index contributed by atoms with van der Waals surface area (Å²) in [5.41, 5.74) is 3.86. The summed E-state index contributed by atoms with van der Waals surface area (Å²) >= 11 is 5.51. The molecule has 1 aliphatic heterocycles. The van der Waals surface area contributed by atoms with Gasteiger partial charge in [-0.05, 0) is 37.8 Å². The number of hydrogen-bond acceptors (Lipinski definition) is 5. The number of nitrogens with one attached hydrogen (secondary N) is 1. The number of carbonyl (C=O) groups excluding carboxylic acids is 1. The van der Waals surface area contributed by atoms with Crippen LogP contribution < -0.4 is 5.43 Å². The van der Waals surface area contributed by atoms with Crippen LogP contribution in [0.4, 0.5) is 0 Å². The molecule has 0 bridgehead atoms. The lowest BCUT2D eigenvalue weighted by molar-refractivity contribution is -0.143. The number of hydrazine groups is 1. The number of carbonyl (C=O) groups is 1. The van der Waals surface area contributed by atoms with Crippen LogP contribution in [0.25, 0.3) is 0 Å². The molecule has 2 heterocycles. The normalized spacial score (nSPS) is 19.8. The number of hydrogen-bond donors (Lipinski definition) is 1. The maximum absolute atomic E-state index is 12.3.